The monoisotopic (exact) mass is 242 g/mol. The molecular weight excluding hydrogens is 216 g/mol. The van der Waals surface area contributed by atoms with Crippen LogP contribution in [0.25, 0.3) is 0 Å². The van der Waals surface area contributed by atoms with E-state index in [1.54, 1.807) is 0 Å². The minimum absolute atomic E-state index is 0.391. The van der Waals surface area contributed by atoms with Gasteiger partial charge in [-0.3, -0.25) is 4.90 Å². The van der Waals surface area contributed by atoms with Crippen molar-refractivity contribution in [2.45, 2.75) is 37.8 Å². The summed E-state index contributed by atoms with van der Waals surface area (Å²) >= 11 is 0. The molecule has 2 aliphatic rings. The van der Waals surface area contributed by atoms with E-state index in [4.69, 9.17) is 15.2 Å². The number of nitrogens with zero attached hydrogens (tertiary/aromatic N) is 1. The van der Waals surface area contributed by atoms with Crippen LogP contribution < -0.4 is 5.73 Å². The maximum atomic E-state index is 5.98. The summed E-state index contributed by atoms with van der Waals surface area (Å²) in [5, 5.41) is 0. The van der Waals surface area contributed by atoms with Crippen molar-refractivity contribution in [1.29, 1.82) is 0 Å². The zero-order valence-corrected chi connectivity index (χ0v) is 10.9. The predicted molar refractivity (Wildman–Crippen MR) is 68.0 cm³/mol. The largest absolute Gasteiger partial charge is 0.381 e. The molecule has 3 atom stereocenters. The van der Waals surface area contributed by atoms with Crippen molar-refractivity contribution in [2.24, 2.45) is 11.7 Å². The summed E-state index contributed by atoms with van der Waals surface area (Å²) in [5.74, 6) is 0.615. The van der Waals surface area contributed by atoms with Crippen molar-refractivity contribution in [3.05, 3.63) is 0 Å². The first-order chi connectivity index (χ1) is 8.35. The molecule has 0 aromatic carbocycles. The fraction of sp³-hybridized carbons (Fsp3) is 1.00. The third-order valence-electron chi connectivity index (χ3n) is 4.19. The Balaban J connectivity index is 1.91. The lowest BCUT2D eigenvalue weighted by atomic mass is 9.91. The van der Waals surface area contributed by atoms with Crippen LogP contribution in [0.4, 0.5) is 0 Å². The van der Waals surface area contributed by atoms with E-state index in [-0.39, 0.29) is 0 Å². The van der Waals surface area contributed by atoms with Gasteiger partial charge >= 0.3 is 0 Å². The van der Waals surface area contributed by atoms with E-state index in [2.05, 4.69) is 4.90 Å². The summed E-state index contributed by atoms with van der Waals surface area (Å²) in [6.07, 6.45) is 5.24. The number of likely N-dealkylation sites (tertiary alicyclic amines) is 1. The molecule has 0 aromatic rings. The van der Waals surface area contributed by atoms with Crippen molar-refractivity contribution < 1.29 is 9.47 Å². The summed E-state index contributed by atoms with van der Waals surface area (Å²) in [6.45, 7) is 4.75. The Morgan fingerprint density at radius 2 is 2.29 bits per heavy atom. The molecule has 0 aromatic heterocycles. The second-order valence-corrected chi connectivity index (χ2v) is 5.28. The van der Waals surface area contributed by atoms with Gasteiger partial charge in [0.15, 0.2) is 0 Å². The molecule has 2 heterocycles. The van der Waals surface area contributed by atoms with Gasteiger partial charge in [-0.25, -0.2) is 0 Å². The lowest BCUT2D eigenvalue weighted by molar-refractivity contribution is -0.0261. The first kappa shape index (κ1) is 13.3. The SMILES string of the molecule is COC1CCCN(C(CN)C2CCCOC2)C1. The first-order valence-electron chi connectivity index (χ1n) is 6.89. The molecule has 0 aliphatic carbocycles. The first-order valence-corrected chi connectivity index (χ1v) is 6.89. The summed E-state index contributed by atoms with van der Waals surface area (Å²) in [6, 6.07) is 0.480. The van der Waals surface area contributed by atoms with Crippen LogP contribution in [0.2, 0.25) is 0 Å². The molecule has 0 saturated carbocycles. The quantitative estimate of drug-likeness (QED) is 0.794. The maximum absolute atomic E-state index is 5.98. The van der Waals surface area contributed by atoms with E-state index < -0.39 is 0 Å². The van der Waals surface area contributed by atoms with Crippen molar-refractivity contribution in [2.75, 3.05) is 40.0 Å². The molecule has 4 nitrogen and oxygen atoms in total. The van der Waals surface area contributed by atoms with Crippen LogP contribution in [-0.4, -0.2) is 57.0 Å². The van der Waals surface area contributed by atoms with Crippen LogP contribution in [0.15, 0.2) is 0 Å². The highest BCUT2D eigenvalue weighted by molar-refractivity contribution is 4.85. The molecule has 3 unspecified atom stereocenters. The highest BCUT2D eigenvalue weighted by Crippen LogP contribution is 2.24. The van der Waals surface area contributed by atoms with Crippen LogP contribution in [0.5, 0.6) is 0 Å². The third-order valence-corrected chi connectivity index (χ3v) is 4.19. The van der Waals surface area contributed by atoms with Gasteiger partial charge in [0, 0.05) is 32.8 Å². The summed E-state index contributed by atoms with van der Waals surface area (Å²) < 4.78 is 11.1. The fourth-order valence-electron chi connectivity index (χ4n) is 3.17. The molecule has 2 aliphatic heterocycles. The second kappa shape index (κ2) is 6.69. The van der Waals surface area contributed by atoms with Crippen LogP contribution in [0, 0.1) is 5.92 Å². The average Bonchev–Trinajstić information content (AvgIpc) is 2.41. The van der Waals surface area contributed by atoms with E-state index in [9.17, 15) is 0 Å². The zero-order valence-electron chi connectivity index (χ0n) is 10.9. The van der Waals surface area contributed by atoms with Gasteiger partial charge in [-0.15, -0.1) is 0 Å². The molecule has 0 radical (unpaired) electrons. The zero-order chi connectivity index (χ0) is 12.1. The molecule has 2 rings (SSSR count). The Hall–Kier alpha value is -0.160. The van der Waals surface area contributed by atoms with Crippen molar-refractivity contribution >= 4 is 0 Å². The molecule has 0 bridgehead atoms. The summed E-state index contributed by atoms with van der Waals surface area (Å²) in [4.78, 5) is 2.52. The van der Waals surface area contributed by atoms with Gasteiger partial charge in [0.05, 0.1) is 12.7 Å². The van der Waals surface area contributed by atoms with Crippen LogP contribution in [-0.2, 0) is 9.47 Å². The van der Waals surface area contributed by atoms with E-state index >= 15 is 0 Å². The summed E-state index contributed by atoms with van der Waals surface area (Å²) in [7, 11) is 1.81. The van der Waals surface area contributed by atoms with Gasteiger partial charge < -0.3 is 15.2 Å². The molecular formula is C13H26N2O2. The number of nitrogens with two attached hydrogens (primary N) is 1. The standard InChI is InChI=1S/C13H26N2O2/c1-16-12-5-2-6-15(9-12)13(8-14)11-4-3-7-17-10-11/h11-13H,2-10,14H2,1H3. The highest BCUT2D eigenvalue weighted by Gasteiger charge is 2.31. The van der Waals surface area contributed by atoms with Crippen molar-refractivity contribution in [1.82, 2.24) is 4.90 Å². The van der Waals surface area contributed by atoms with Crippen molar-refractivity contribution in [3.63, 3.8) is 0 Å². The summed E-state index contributed by atoms with van der Waals surface area (Å²) in [5.41, 5.74) is 5.98. The lowest BCUT2D eigenvalue weighted by Crippen LogP contribution is -2.52. The molecule has 2 N–H and O–H groups in total. The molecule has 17 heavy (non-hydrogen) atoms. The smallest absolute Gasteiger partial charge is 0.0698 e. The lowest BCUT2D eigenvalue weighted by Gasteiger charge is -2.41. The van der Waals surface area contributed by atoms with Crippen LogP contribution in [0.1, 0.15) is 25.7 Å². The Kier molecular flexibility index (Phi) is 5.22. The van der Waals surface area contributed by atoms with Crippen molar-refractivity contribution in [3.8, 4) is 0 Å². The molecule has 0 spiro atoms. The Morgan fingerprint density at radius 1 is 1.41 bits per heavy atom. The number of hydrogen-bond donors (Lipinski definition) is 1. The topological polar surface area (TPSA) is 47.7 Å². The minimum atomic E-state index is 0.391. The van der Waals surface area contributed by atoms with E-state index in [0.29, 0.717) is 18.1 Å². The Bertz CT molecular complexity index is 219. The Morgan fingerprint density at radius 3 is 2.94 bits per heavy atom. The van der Waals surface area contributed by atoms with Gasteiger partial charge in [-0.2, -0.15) is 0 Å². The van der Waals surface area contributed by atoms with Crippen LogP contribution in [0.3, 0.4) is 0 Å². The van der Waals surface area contributed by atoms with Gasteiger partial charge in [0.25, 0.3) is 0 Å². The van der Waals surface area contributed by atoms with Gasteiger partial charge in [0.1, 0.15) is 0 Å². The maximum Gasteiger partial charge on any atom is 0.0698 e. The highest BCUT2D eigenvalue weighted by atomic mass is 16.5. The van der Waals surface area contributed by atoms with E-state index in [0.717, 1.165) is 32.8 Å². The third kappa shape index (κ3) is 3.41. The number of hydrogen-bond acceptors (Lipinski definition) is 4. The molecule has 2 fully saturated rings. The minimum Gasteiger partial charge on any atom is -0.381 e. The molecule has 0 amide bonds. The normalized spacial score (nSPS) is 33.5. The van der Waals surface area contributed by atoms with Gasteiger partial charge in [0.2, 0.25) is 0 Å². The van der Waals surface area contributed by atoms with Crippen LogP contribution >= 0.6 is 0 Å². The van der Waals surface area contributed by atoms with Gasteiger partial charge in [-0.1, -0.05) is 0 Å². The fourth-order valence-corrected chi connectivity index (χ4v) is 3.17. The number of rotatable bonds is 4. The second-order valence-electron chi connectivity index (χ2n) is 5.28. The molecule has 4 heteroatoms. The van der Waals surface area contributed by atoms with E-state index in [1.807, 2.05) is 7.11 Å². The van der Waals surface area contributed by atoms with E-state index in [1.165, 1.54) is 25.7 Å². The van der Waals surface area contributed by atoms with Gasteiger partial charge in [-0.05, 0) is 38.1 Å². The Labute approximate surface area is 104 Å². The number of ether oxygens (including phenoxy) is 2. The predicted octanol–water partition coefficient (Wildman–Crippen LogP) is 0.851. The molecule has 2 saturated heterocycles. The molecule has 100 valence electrons. The number of methoxy groups -OCH3 is 1. The average molecular weight is 242 g/mol. The number of piperidine rings is 1.